The van der Waals surface area contributed by atoms with Crippen LogP contribution in [0, 0.1) is 11.8 Å². The summed E-state index contributed by atoms with van der Waals surface area (Å²) in [5, 5.41) is 9.87. The van der Waals surface area contributed by atoms with E-state index in [1.54, 1.807) is 0 Å². The van der Waals surface area contributed by atoms with Gasteiger partial charge in [-0.05, 0) is 71.4 Å². The van der Waals surface area contributed by atoms with Gasteiger partial charge in [0, 0.05) is 6.04 Å². The zero-order chi connectivity index (χ0) is 39.0. The summed E-state index contributed by atoms with van der Waals surface area (Å²) in [7, 11) is 0. The molecule has 0 aliphatic rings. The smallest absolute Gasteiger partial charge is 0.308 e. The van der Waals surface area contributed by atoms with Crippen molar-refractivity contribution in [1.29, 1.82) is 0 Å². The maximum absolute atomic E-state index is 12.9. The molecule has 0 aliphatic heterocycles. The van der Waals surface area contributed by atoms with E-state index in [2.05, 4.69) is 39.5 Å². The lowest BCUT2D eigenvalue weighted by Crippen LogP contribution is -2.37. The summed E-state index contributed by atoms with van der Waals surface area (Å²) < 4.78 is 11.6. The van der Waals surface area contributed by atoms with Crippen molar-refractivity contribution >= 4 is 11.9 Å². The Bertz CT molecular complexity index is 718. The van der Waals surface area contributed by atoms with Crippen LogP contribution in [0.1, 0.15) is 240 Å². The first kappa shape index (κ1) is 51.9. The van der Waals surface area contributed by atoms with Crippen molar-refractivity contribution < 1.29 is 24.2 Å². The lowest BCUT2D eigenvalue weighted by molar-refractivity contribution is -0.150. The van der Waals surface area contributed by atoms with Crippen LogP contribution in [0.5, 0.6) is 0 Å². The maximum Gasteiger partial charge on any atom is 0.308 e. The fourth-order valence-electron chi connectivity index (χ4n) is 7.53. The van der Waals surface area contributed by atoms with Crippen LogP contribution in [0.2, 0.25) is 0 Å². The molecule has 0 aromatic rings. The Labute approximate surface area is 331 Å². The molecule has 0 bridgehead atoms. The number of unbranched alkanes of at least 4 members (excludes halogenated alkanes) is 22. The Balaban J connectivity index is 4.31. The molecule has 0 aromatic heterocycles. The molecule has 0 spiro atoms. The monoisotopic (exact) mass is 752 g/mol. The average molecular weight is 752 g/mol. The van der Waals surface area contributed by atoms with E-state index in [1.165, 1.54) is 103 Å². The zero-order valence-corrected chi connectivity index (χ0v) is 36.4. The summed E-state index contributed by atoms with van der Waals surface area (Å²) in [6.07, 6.45) is 37.3. The minimum Gasteiger partial charge on any atom is -0.465 e. The molecule has 53 heavy (non-hydrogen) atoms. The number of rotatable bonds is 42. The second-order valence-electron chi connectivity index (χ2n) is 16.4. The third-order valence-electron chi connectivity index (χ3n) is 11.3. The van der Waals surface area contributed by atoms with Crippen LogP contribution < -0.4 is 0 Å². The Morgan fingerprint density at radius 1 is 0.434 bits per heavy atom. The SMILES string of the molecule is CCCCCCCCC(CCCCCC)C(=O)OCCCCCCN(CCCCCCOC(=O)C(CCCCCC)CCCCCCCC)C(C)CO. The van der Waals surface area contributed by atoms with Crippen molar-refractivity contribution in [1.82, 2.24) is 4.90 Å². The third-order valence-corrected chi connectivity index (χ3v) is 11.3. The molecule has 0 aliphatic carbocycles. The zero-order valence-electron chi connectivity index (χ0n) is 36.4. The van der Waals surface area contributed by atoms with E-state index < -0.39 is 0 Å². The van der Waals surface area contributed by atoms with Gasteiger partial charge in [0.05, 0.1) is 31.7 Å². The lowest BCUT2D eigenvalue weighted by atomic mass is 9.94. The summed E-state index contributed by atoms with van der Waals surface area (Å²) in [5.41, 5.74) is 0. The van der Waals surface area contributed by atoms with Gasteiger partial charge in [0.2, 0.25) is 0 Å². The number of ether oxygens (including phenoxy) is 2. The third kappa shape index (κ3) is 32.8. The van der Waals surface area contributed by atoms with E-state index >= 15 is 0 Å². The van der Waals surface area contributed by atoms with Gasteiger partial charge in [0.25, 0.3) is 0 Å². The summed E-state index contributed by atoms with van der Waals surface area (Å²) >= 11 is 0. The molecule has 3 atom stereocenters. The number of carbonyl (C=O) groups excluding carboxylic acids is 2. The summed E-state index contributed by atoms with van der Waals surface area (Å²) in [6.45, 7) is 14.4. The van der Waals surface area contributed by atoms with E-state index in [0.717, 1.165) is 116 Å². The number of esters is 2. The Morgan fingerprint density at radius 3 is 1.06 bits per heavy atom. The molecular formula is C47H93NO5. The predicted octanol–water partition coefficient (Wildman–Crippen LogP) is 13.6. The minimum absolute atomic E-state index is 0.0432. The van der Waals surface area contributed by atoms with Crippen LogP contribution in [0.4, 0.5) is 0 Å². The molecule has 0 fully saturated rings. The van der Waals surface area contributed by atoms with Gasteiger partial charge in [0.15, 0.2) is 0 Å². The van der Waals surface area contributed by atoms with Crippen molar-refractivity contribution in [3.8, 4) is 0 Å². The van der Waals surface area contributed by atoms with Gasteiger partial charge in [0.1, 0.15) is 0 Å². The van der Waals surface area contributed by atoms with Gasteiger partial charge >= 0.3 is 11.9 Å². The van der Waals surface area contributed by atoms with Gasteiger partial charge in [-0.1, -0.05) is 182 Å². The number of hydrogen-bond acceptors (Lipinski definition) is 6. The molecule has 0 heterocycles. The van der Waals surface area contributed by atoms with Crippen molar-refractivity contribution in [2.45, 2.75) is 246 Å². The van der Waals surface area contributed by atoms with Crippen molar-refractivity contribution in [2.24, 2.45) is 11.8 Å². The molecule has 0 amide bonds. The molecule has 0 radical (unpaired) electrons. The highest BCUT2D eigenvalue weighted by Gasteiger charge is 2.20. The van der Waals surface area contributed by atoms with Gasteiger partial charge in [-0.3, -0.25) is 14.5 Å². The van der Waals surface area contributed by atoms with Crippen LogP contribution in [0.15, 0.2) is 0 Å². The highest BCUT2D eigenvalue weighted by atomic mass is 16.5. The van der Waals surface area contributed by atoms with Crippen molar-refractivity contribution in [3.63, 3.8) is 0 Å². The molecular weight excluding hydrogens is 659 g/mol. The highest BCUT2D eigenvalue weighted by molar-refractivity contribution is 5.72. The van der Waals surface area contributed by atoms with E-state index in [-0.39, 0.29) is 36.4 Å². The normalized spacial score (nSPS) is 13.3. The van der Waals surface area contributed by atoms with E-state index in [1.807, 2.05) is 0 Å². The Hall–Kier alpha value is -1.14. The number of nitrogens with zero attached hydrogens (tertiary/aromatic N) is 1. The average Bonchev–Trinajstić information content (AvgIpc) is 3.16. The van der Waals surface area contributed by atoms with E-state index in [0.29, 0.717) is 13.2 Å². The summed E-state index contributed by atoms with van der Waals surface area (Å²) in [5.74, 6) is 0.251. The van der Waals surface area contributed by atoms with E-state index in [4.69, 9.17) is 9.47 Å². The molecule has 0 saturated heterocycles. The van der Waals surface area contributed by atoms with Gasteiger partial charge < -0.3 is 14.6 Å². The fourth-order valence-corrected chi connectivity index (χ4v) is 7.53. The fraction of sp³-hybridized carbons (Fsp3) is 0.957. The number of hydrogen-bond donors (Lipinski definition) is 1. The first-order valence-electron chi connectivity index (χ1n) is 23.6. The molecule has 1 N–H and O–H groups in total. The van der Waals surface area contributed by atoms with Crippen LogP contribution >= 0.6 is 0 Å². The van der Waals surface area contributed by atoms with Crippen molar-refractivity contribution in [2.75, 3.05) is 32.9 Å². The van der Waals surface area contributed by atoms with Gasteiger partial charge in [-0.15, -0.1) is 0 Å². The number of aliphatic hydroxyl groups is 1. The lowest BCUT2D eigenvalue weighted by Gasteiger charge is -2.27. The first-order valence-corrected chi connectivity index (χ1v) is 23.6. The van der Waals surface area contributed by atoms with Crippen molar-refractivity contribution in [3.05, 3.63) is 0 Å². The second-order valence-corrected chi connectivity index (χ2v) is 16.4. The van der Waals surface area contributed by atoms with Gasteiger partial charge in [-0.25, -0.2) is 0 Å². The van der Waals surface area contributed by atoms with Crippen LogP contribution in [-0.2, 0) is 19.1 Å². The van der Waals surface area contributed by atoms with E-state index in [9.17, 15) is 14.7 Å². The molecule has 0 rings (SSSR count). The Kier molecular flexibility index (Phi) is 39.6. The van der Waals surface area contributed by atoms with Crippen LogP contribution in [0.25, 0.3) is 0 Å². The summed E-state index contributed by atoms with van der Waals surface area (Å²) in [4.78, 5) is 28.3. The van der Waals surface area contributed by atoms with Gasteiger partial charge in [-0.2, -0.15) is 0 Å². The number of carbonyl (C=O) groups is 2. The topological polar surface area (TPSA) is 76.1 Å². The molecule has 0 aromatic carbocycles. The molecule has 6 heteroatoms. The minimum atomic E-state index is 0.0432. The highest BCUT2D eigenvalue weighted by Crippen LogP contribution is 2.22. The quantitative estimate of drug-likeness (QED) is 0.0494. The van der Waals surface area contributed by atoms with Crippen LogP contribution in [0.3, 0.4) is 0 Å². The molecule has 3 unspecified atom stereocenters. The summed E-state index contributed by atoms with van der Waals surface area (Å²) in [6, 6.07) is 0.165. The largest absolute Gasteiger partial charge is 0.465 e. The standard InChI is InChI=1S/C47H93NO5/c1-6-10-14-18-20-28-36-44(34-26-16-12-8-3)46(50)52-40-32-24-22-30-38-48(43(5)42-49)39-31-23-25-33-41-53-47(51)45(35-27-17-13-9-4)37-29-21-19-15-11-7-2/h43-45,49H,6-42H2,1-5H3. The maximum atomic E-state index is 12.9. The molecule has 0 saturated carbocycles. The molecule has 6 nitrogen and oxygen atoms in total. The number of aliphatic hydroxyl groups excluding tert-OH is 1. The first-order chi connectivity index (χ1) is 25.9. The molecule has 316 valence electrons. The van der Waals surface area contributed by atoms with Crippen LogP contribution in [-0.4, -0.2) is 60.9 Å². The predicted molar refractivity (Wildman–Crippen MR) is 227 cm³/mol. The Morgan fingerprint density at radius 2 is 0.717 bits per heavy atom. The second kappa shape index (κ2) is 40.5.